The normalized spacial score (nSPS) is 21.5. The Morgan fingerprint density at radius 3 is 1.17 bits per heavy atom. The molecule has 0 aromatic heterocycles. The zero-order valence-electron chi connectivity index (χ0n) is 9.23. The Balaban J connectivity index is 4.66. The van der Waals surface area contributed by atoms with E-state index in [-0.39, 0.29) is 11.2 Å². The van der Waals surface area contributed by atoms with Gasteiger partial charge < -0.3 is 9.47 Å². The maximum Gasteiger partial charge on any atom is 0.0933 e. The predicted molar refractivity (Wildman–Crippen MR) is 51.4 cm³/mol. The van der Waals surface area contributed by atoms with Gasteiger partial charge in [0.15, 0.2) is 0 Å². The minimum Gasteiger partial charge on any atom is -0.376 e. The highest BCUT2D eigenvalue weighted by molar-refractivity contribution is 4.94. The van der Waals surface area contributed by atoms with Crippen molar-refractivity contribution in [3.63, 3.8) is 0 Å². The van der Waals surface area contributed by atoms with Crippen LogP contribution in [0.2, 0.25) is 0 Å². The third kappa shape index (κ3) is 1.80. The Kier molecular flexibility index (Phi) is 4.21. The zero-order valence-corrected chi connectivity index (χ0v) is 9.23. The first kappa shape index (κ1) is 11.9. The number of rotatable bonds is 5. The first-order chi connectivity index (χ1) is 5.49. The Labute approximate surface area is 76.3 Å². The van der Waals surface area contributed by atoms with Crippen molar-refractivity contribution < 1.29 is 9.47 Å². The van der Waals surface area contributed by atoms with Gasteiger partial charge in [-0.05, 0) is 26.7 Å². The van der Waals surface area contributed by atoms with Gasteiger partial charge in [0.1, 0.15) is 0 Å². The van der Waals surface area contributed by atoms with Gasteiger partial charge >= 0.3 is 0 Å². The van der Waals surface area contributed by atoms with Gasteiger partial charge in [0.25, 0.3) is 0 Å². The first-order valence-corrected chi connectivity index (χ1v) is 4.60. The molecule has 0 aromatic carbocycles. The molecule has 2 unspecified atom stereocenters. The Hall–Kier alpha value is -0.0800. The van der Waals surface area contributed by atoms with Gasteiger partial charge in [-0.3, -0.25) is 0 Å². The van der Waals surface area contributed by atoms with Crippen molar-refractivity contribution in [2.75, 3.05) is 14.2 Å². The van der Waals surface area contributed by atoms with Crippen LogP contribution in [-0.4, -0.2) is 25.4 Å². The zero-order chi connectivity index (χ0) is 9.83. The van der Waals surface area contributed by atoms with Crippen molar-refractivity contribution in [1.29, 1.82) is 0 Å². The molecule has 0 aromatic rings. The standard InChI is InChI=1S/C10H22O2/c1-7-9(3,11-5)10(4,8-2)12-6/h7-8H2,1-6H3. The van der Waals surface area contributed by atoms with Gasteiger partial charge in [-0.15, -0.1) is 0 Å². The summed E-state index contributed by atoms with van der Waals surface area (Å²) in [7, 11) is 3.49. The van der Waals surface area contributed by atoms with E-state index in [1.807, 2.05) is 0 Å². The highest BCUT2D eigenvalue weighted by Gasteiger charge is 2.42. The van der Waals surface area contributed by atoms with E-state index < -0.39 is 0 Å². The van der Waals surface area contributed by atoms with Crippen molar-refractivity contribution in [2.45, 2.75) is 51.7 Å². The second kappa shape index (κ2) is 4.24. The fraction of sp³-hybridized carbons (Fsp3) is 1.00. The minimum atomic E-state index is -0.184. The van der Waals surface area contributed by atoms with Crippen molar-refractivity contribution >= 4 is 0 Å². The second-order valence-corrected chi connectivity index (χ2v) is 3.58. The van der Waals surface area contributed by atoms with Crippen LogP contribution in [0.1, 0.15) is 40.5 Å². The largest absolute Gasteiger partial charge is 0.376 e. The van der Waals surface area contributed by atoms with Gasteiger partial charge in [-0.25, -0.2) is 0 Å². The van der Waals surface area contributed by atoms with Crippen LogP contribution in [0, 0.1) is 0 Å². The van der Waals surface area contributed by atoms with Crippen molar-refractivity contribution in [3.8, 4) is 0 Å². The van der Waals surface area contributed by atoms with Crippen LogP contribution in [-0.2, 0) is 9.47 Å². The first-order valence-electron chi connectivity index (χ1n) is 4.60. The van der Waals surface area contributed by atoms with Crippen molar-refractivity contribution in [1.82, 2.24) is 0 Å². The van der Waals surface area contributed by atoms with Crippen molar-refractivity contribution in [2.24, 2.45) is 0 Å². The molecule has 0 N–H and O–H groups in total. The van der Waals surface area contributed by atoms with E-state index >= 15 is 0 Å². The molecular formula is C10H22O2. The van der Waals surface area contributed by atoms with Gasteiger partial charge in [0.05, 0.1) is 11.2 Å². The monoisotopic (exact) mass is 174 g/mol. The molecule has 0 spiro atoms. The number of ether oxygens (including phenoxy) is 2. The quantitative estimate of drug-likeness (QED) is 0.638. The lowest BCUT2D eigenvalue weighted by atomic mass is 9.81. The van der Waals surface area contributed by atoms with Gasteiger partial charge in [0.2, 0.25) is 0 Å². The van der Waals surface area contributed by atoms with Crippen molar-refractivity contribution in [3.05, 3.63) is 0 Å². The molecule has 0 saturated heterocycles. The maximum atomic E-state index is 5.51. The lowest BCUT2D eigenvalue weighted by Gasteiger charge is -2.43. The van der Waals surface area contributed by atoms with Gasteiger partial charge in [0, 0.05) is 14.2 Å². The molecular weight excluding hydrogens is 152 g/mol. The average molecular weight is 174 g/mol. The topological polar surface area (TPSA) is 18.5 Å². The molecule has 0 aliphatic carbocycles. The smallest absolute Gasteiger partial charge is 0.0933 e. The summed E-state index contributed by atoms with van der Waals surface area (Å²) >= 11 is 0. The molecule has 0 amide bonds. The SMILES string of the molecule is CCC(C)(OC)C(C)(CC)OC. The molecule has 0 aliphatic heterocycles. The highest BCUT2D eigenvalue weighted by atomic mass is 16.5. The van der Waals surface area contributed by atoms with E-state index in [4.69, 9.17) is 9.47 Å². The summed E-state index contributed by atoms with van der Waals surface area (Å²) in [5.74, 6) is 0. The Bertz CT molecular complexity index is 108. The molecule has 2 atom stereocenters. The van der Waals surface area contributed by atoms with Crippen LogP contribution in [0.15, 0.2) is 0 Å². The van der Waals surface area contributed by atoms with E-state index in [0.29, 0.717) is 0 Å². The molecule has 0 fully saturated rings. The van der Waals surface area contributed by atoms with E-state index in [1.54, 1.807) is 14.2 Å². The van der Waals surface area contributed by atoms with Gasteiger partial charge in [-0.1, -0.05) is 13.8 Å². The number of methoxy groups -OCH3 is 2. The lowest BCUT2D eigenvalue weighted by Crippen LogP contribution is -2.51. The summed E-state index contributed by atoms with van der Waals surface area (Å²) in [6.07, 6.45) is 1.92. The van der Waals surface area contributed by atoms with Crippen LogP contribution in [0.25, 0.3) is 0 Å². The molecule has 0 bridgehead atoms. The average Bonchev–Trinajstić information content (AvgIpc) is 2.15. The molecule has 74 valence electrons. The molecule has 0 aliphatic rings. The van der Waals surface area contributed by atoms with Crippen LogP contribution >= 0.6 is 0 Å². The van der Waals surface area contributed by atoms with Crippen LogP contribution in [0.3, 0.4) is 0 Å². The van der Waals surface area contributed by atoms with Crippen LogP contribution < -0.4 is 0 Å². The molecule has 0 heterocycles. The molecule has 12 heavy (non-hydrogen) atoms. The molecule has 0 rings (SSSR count). The molecule has 2 nitrogen and oxygen atoms in total. The lowest BCUT2D eigenvalue weighted by molar-refractivity contribution is -0.170. The minimum absolute atomic E-state index is 0.184. The number of hydrogen-bond donors (Lipinski definition) is 0. The summed E-state index contributed by atoms with van der Waals surface area (Å²) < 4.78 is 11.0. The molecule has 0 saturated carbocycles. The summed E-state index contributed by atoms with van der Waals surface area (Å²) in [6.45, 7) is 8.44. The fourth-order valence-corrected chi connectivity index (χ4v) is 1.47. The third-order valence-electron chi connectivity index (χ3n) is 3.37. The second-order valence-electron chi connectivity index (χ2n) is 3.58. The maximum absolute atomic E-state index is 5.51. The third-order valence-corrected chi connectivity index (χ3v) is 3.37. The summed E-state index contributed by atoms with van der Waals surface area (Å²) in [5.41, 5.74) is -0.368. The molecule has 0 radical (unpaired) electrons. The van der Waals surface area contributed by atoms with E-state index in [0.717, 1.165) is 12.8 Å². The Morgan fingerprint density at radius 1 is 0.833 bits per heavy atom. The number of hydrogen-bond acceptors (Lipinski definition) is 2. The summed E-state index contributed by atoms with van der Waals surface area (Å²) in [6, 6.07) is 0. The summed E-state index contributed by atoms with van der Waals surface area (Å²) in [5, 5.41) is 0. The summed E-state index contributed by atoms with van der Waals surface area (Å²) in [4.78, 5) is 0. The molecule has 2 heteroatoms. The van der Waals surface area contributed by atoms with E-state index in [1.165, 1.54) is 0 Å². The van der Waals surface area contributed by atoms with Crippen LogP contribution in [0.5, 0.6) is 0 Å². The fourth-order valence-electron chi connectivity index (χ4n) is 1.47. The highest BCUT2D eigenvalue weighted by Crippen LogP contribution is 2.34. The van der Waals surface area contributed by atoms with Crippen LogP contribution in [0.4, 0.5) is 0 Å². The van der Waals surface area contributed by atoms with E-state index in [2.05, 4.69) is 27.7 Å². The predicted octanol–water partition coefficient (Wildman–Crippen LogP) is 2.62. The van der Waals surface area contributed by atoms with Gasteiger partial charge in [-0.2, -0.15) is 0 Å². The Morgan fingerprint density at radius 2 is 1.08 bits per heavy atom. The van der Waals surface area contributed by atoms with E-state index in [9.17, 15) is 0 Å².